The SMILES string of the molecule is CCC/C=C/c1nnc(Nc2ccccn2)sc2c(=O)c3ccccc3c(=O)c1=2. The maximum Gasteiger partial charge on any atom is 0.210 e. The molecule has 2 heterocycles. The zero-order chi connectivity index (χ0) is 20.2. The van der Waals surface area contributed by atoms with E-state index in [-0.39, 0.29) is 10.9 Å². The van der Waals surface area contributed by atoms with Crippen molar-refractivity contribution in [1.82, 2.24) is 15.2 Å². The number of hydrogen-bond acceptors (Lipinski definition) is 7. The smallest absolute Gasteiger partial charge is 0.210 e. The van der Waals surface area contributed by atoms with Crippen LogP contribution >= 0.6 is 11.3 Å². The van der Waals surface area contributed by atoms with Crippen molar-refractivity contribution in [2.75, 3.05) is 5.32 Å². The maximum atomic E-state index is 13.2. The van der Waals surface area contributed by atoms with Crippen molar-refractivity contribution in [2.45, 2.75) is 19.8 Å². The van der Waals surface area contributed by atoms with Crippen molar-refractivity contribution in [3.05, 3.63) is 90.6 Å². The Morgan fingerprint density at radius 3 is 2.48 bits per heavy atom. The number of nitrogens with zero attached hydrogens (tertiary/aromatic N) is 3. The van der Waals surface area contributed by atoms with Gasteiger partial charge in [-0.05, 0) is 24.6 Å². The highest BCUT2D eigenvalue weighted by atomic mass is 32.1. The molecule has 1 aromatic carbocycles. The van der Waals surface area contributed by atoms with Crippen LogP contribution in [-0.2, 0) is 0 Å². The largest absolute Gasteiger partial charge is 0.315 e. The third-order valence-electron chi connectivity index (χ3n) is 4.41. The Morgan fingerprint density at radius 1 is 1.00 bits per heavy atom. The summed E-state index contributed by atoms with van der Waals surface area (Å²) in [6.45, 7) is 2.07. The first-order valence-corrected chi connectivity index (χ1v) is 10.1. The number of nitrogens with one attached hydrogen (secondary N) is 1. The van der Waals surface area contributed by atoms with Crippen molar-refractivity contribution in [2.24, 2.45) is 0 Å². The maximum absolute atomic E-state index is 13.2. The molecule has 7 heteroatoms. The Kier molecular flexibility index (Phi) is 5.39. The second-order valence-corrected chi connectivity index (χ2v) is 7.43. The summed E-state index contributed by atoms with van der Waals surface area (Å²) in [6.07, 6.45) is 7.18. The van der Waals surface area contributed by atoms with E-state index in [1.807, 2.05) is 18.2 Å². The molecule has 29 heavy (non-hydrogen) atoms. The van der Waals surface area contributed by atoms with E-state index in [0.29, 0.717) is 37.2 Å². The molecule has 0 atom stereocenters. The number of hydrogen-bond donors (Lipinski definition) is 1. The summed E-state index contributed by atoms with van der Waals surface area (Å²) in [5, 5.41) is 13.1. The molecule has 0 spiro atoms. The van der Waals surface area contributed by atoms with Crippen LogP contribution in [0.2, 0.25) is 0 Å². The molecule has 0 radical (unpaired) electrons. The van der Waals surface area contributed by atoms with Gasteiger partial charge in [-0.2, -0.15) is 0 Å². The monoisotopic (exact) mass is 402 g/mol. The predicted molar refractivity (Wildman–Crippen MR) is 117 cm³/mol. The van der Waals surface area contributed by atoms with Gasteiger partial charge in [0.2, 0.25) is 10.6 Å². The number of allylic oxidation sites excluding steroid dienone is 1. The summed E-state index contributed by atoms with van der Waals surface area (Å²) in [4.78, 5) is 30.7. The Bertz CT molecular complexity index is 1380. The molecular formula is C22H18N4O2S. The van der Waals surface area contributed by atoms with E-state index in [0.717, 1.165) is 24.2 Å². The van der Waals surface area contributed by atoms with Crippen LogP contribution in [0, 0.1) is 9.75 Å². The van der Waals surface area contributed by atoms with Gasteiger partial charge in [0.1, 0.15) is 5.82 Å². The van der Waals surface area contributed by atoms with Gasteiger partial charge in [-0.1, -0.05) is 61.1 Å². The van der Waals surface area contributed by atoms with E-state index in [1.54, 1.807) is 42.6 Å². The zero-order valence-electron chi connectivity index (χ0n) is 15.8. The predicted octanol–water partition coefficient (Wildman–Crippen LogP) is 4.09. The van der Waals surface area contributed by atoms with Crippen LogP contribution in [-0.4, -0.2) is 15.2 Å². The second kappa shape index (κ2) is 8.28. The Labute approximate surface area is 170 Å². The number of unbranched alkanes of at least 4 members (excludes halogenated alkanes) is 1. The van der Waals surface area contributed by atoms with Gasteiger partial charge in [0.05, 0.1) is 15.4 Å². The van der Waals surface area contributed by atoms with Crippen LogP contribution in [0.4, 0.5) is 10.9 Å². The average molecular weight is 402 g/mol. The minimum Gasteiger partial charge on any atom is -0.315 e. The molecule has 1 N–H and O–H groups in total. The molecule has 2 aliphatic rings. The minimum absolute atomic E-state index is 0.200. The molecule has 144 valence electrons. The molecule has 0 unspecified atom stereocenters. The normalized spacial score (nSPS) is 11.3. The Balaban J connectivity index is 2.08. The van der Waals surface area contributed by atoms with E-state index in [4.69, 9.17) is 0 Å². The lowest BCUT2D eigenvalue weighted by Gasteiger charge is -1.99. The molecule has 0 bridgehead atoms. The van der Waals surface area contributed by atoms with Gasteiger partial charge < -0.3 is 5.32 Å². The molecule has 1 aromatic heterocycles. The first kappa shape index (κ1) is 18.9. The van der Waals surface area contributed by atoms with Crippen LogP contribution < -0.4 is 16.2 Å². The fraction of sp³-hybridized carbons (Fsp3) is 0.136. The lowest BCUT2D eigenvalue weighted by atomic mass is 10.1. The molecule has 0 saturated heterocycles. The van der Waals surface area contributed by atoms with Gasteiger partial charge in [0, 0.05) is 17.0 Å². The van der Waals surface area contributed by atoms with Crippen molar-refractivity contribution < 1.29 is 0 Å². The third kappa shape index (κ3) is 3.77. The summed E-state index contributed by atoms with van der Waals surface area (Å²) < 4.78 is 0.327. The highest BCUT2D eigenvalue weighted by Gasteiger charge is 2.12. The molecule has 1 aliphatic heterocycles. The second-order valence-electron chi connectivity index (χ2n) is 6.43. The quantitative estimate of drug-likeness (QED) is 0.541. The topological polar surface area (TPSA) is 84.8 Å². The van der Waals surface area contributed by atoms with E-state index in [9.17, 15) is 9.59 Å². The van der Waals surface area contributed by atoms with Crippen molar-refractivity contribution in [1.29, 1.82) is 0 Å². The Hall–Kier alpha value is -3.45. The molecular weight excluding hydrogens is 384 g/mol. The lowest BCUT2D eigenvalue weighted by Crippen LogP contribution is -2.14. The number of anilines is 2. The summed E-state index contributed by atoms with van der Waals surface area (Å²) in [7, 11) is 0. The molecule has 0 fully saturated rings. The van der Waals surface area contributed by atoms with Crippen LogP contribution in [0.1, 0.15) is 25.5 Å². The van der Waals surface area contributed by atoms with E-state index < -0.39 is 0 Å². The fourth-order valence-electron chi connectivity index (χ4n) is 3.02. The lowest BCUT2D eigenvalue weighted by molar-refractivity contribution is 0.960. The first-order chi connectivity index (χ1) is 14.2. The number of benzene rings is 1. The standard InChI is InChI=1S/C22H18N4O2S/c1-2-3-4-11-16-18-19(27)14-9-5-6-10-15(14)20(28)21(18)29-22(26-25-16)24-17-12-7-8-13-23-17/h4-13H,2-3H2,1H3,(H,23,24,26)/b11-4+. The molecule has 0 amide bonds. The highest BCUT2D eigenvalue weighted by molar-refractivity contribution is 7.13. The summed E-state index contributed by atoms with van der Waals surface area (Å²) >= 11 is 1.11. The van der Waals surface area contributed by atoms with Crippen LogP contribution in [0.25, 0.3) is 16.8 Å². The summed E-state index contributed by atoms with van der Waals surface area (Å²) in [6, 6.07) is 12.3. The number of pyridine rings is 1. The molecule has 6 nitrogen and oxygen atoms in total. The number of aromatic nitrogens is 3. The molecule has 1 aliphatic carbocycles. The van der Waals surface area contributed by atoms with Gasteiger partial charge in [-0.15, -0.1) is 10.2 Å². The first-order valence-electron chi connectivity index (χ1n) is 9.30. The fourth-order valence-corrected chi connectivity index (χ4v) is 3.96. The molecule has 0 saturated carbocycles. The molecule has 4 rings (SSSR count). The van der Waals surface area contributed by atoms with Crippen molar-refractivity contribution >= 4 is 39.1 Å². The molecule has 2 aromatic rings. The van der Waals surface area contributed by atoms with Crippen LogP contribution in [0.3, 0.4) is 0 Å². The van der Waals surface area contributed by atoms with E-state index in [1.165, 1.54) is 0 Å². The van der Waals surface area contributed by atoms with Crippen LogP contribution in [0.15, 0.2) is 64.3 Å². The van der Waals surface area contributed by atoms with E-state index in [2.05, 4.69) is 27.4 Å². The number of rotatable bonds is 5. The van der Waals surface area contributed by atoms with Crippen molar-refractivity contribution in [3.8, 4) is 0 Å². The summed E-state index contributed by atoms with van der Waals surface area (Å²) in [5.74, 6) is 0.580. The van der Waals surface area contributed by atoms with Crippen LogP contribution in [0.5, 0.6) is 0 Å². The van der Waals surface area contributed by atoms with Gasteiger partial charge in [0.15, 0.2) is 5.43 Å². The van der Waals surface area contributed by atoms with Gasteiger partial charge in [-0.25, -0.2) is 4.98 Å². The van der Waals surface area contributed by atoms with Gasteiger partial charge in [-0.3, -0.25) is 9.59 Å². The van der Waals surface area contributed by atoms with Gasteiger partial charge in [0.25, 0.3) is 0 Å². The Morgan fingerprint density at radius 2 is 1.76 bits per heavy atom. The number of fused-ring (bicyclic) bond motifs is 1. The average Bonchev–Trinajstić information content (AvgIpc) is 2.93. The van der Waals surface area contributed by atoms with Gasteiger partial charge >= 0.3 is 0 Å². The minimum atomic E-state index is -0.211. The van der Waals surface area contributed by atoms with Crippen molar-refractivity contribution in [3.63, 3.8) is 0 Å². The zero-order valence-corrected chi connectivity index (χ0v) is 16.6. The highest BCUT2D eigenvalue weighted by Crippen LogP contribution is 2.18. The third-order valence-corrected chi connectivity index (χ3v) is 5.38. The summed E-state index contributed by atoms with van der Waals surface area (Å²) in [5.41, 5.74) is -0.0160. The van der Waals surface area contributed by atoms with E-state index >= 15 is 0 Å².